The Labute approximate surface area is 107 Å². The number of aliphatic hydroxyl groups excluding tert-OH is 1. The normalized spacial score (nSPS) is 10.4. The highest BCUT2D eigenvalue weighted by Crippen LogP contribution is 2.25. The minimum atomic E-state index is 0.00265. The van der Waals surface area contributed by atoms with Gasteiger partial charge in [-0.05, 0) is 44.0 Å². The average Bonchev–Trinajstić information content (AvgIpc) is 2.33. The van der Waals surface area contributed by atoms with Crippen LogP contribution in [0.25, 0.3) is 0 Å². The van der Waals surface area contributed by atoms with Crippen LogP contribution in [-0.4, -0.2) is 10.1 Å². The number of aliphatic hydroxyl groups is 1. The van der Waals surface area contributed by atoms with Gasteiger partial charge in [0.2, 0.25) is 5.88 Å². The molecule has 1 aromatic carbocycles. The summed E-state index contributed by atoms with van der Waals surface area (Å²) in [5, 5.41) is 9.09. The van der Waals surface area contributed by atoms with Gasteiger partial charge in [-0.1, -0.05) is 17.7 Å². The predicted molar refractivity (Wildman–Crippen MR) is 70.9 cm³/mol. The summed E-state index contributed by atoms with van der Waals surface area (Å²) in [7, 11) is 0. The second-order valence-corrected chi connectivity index (χ2v) is 4.42. The van der Waals surface area contributed by atoms with Crippen LogP contribution in [0.15, 0.2) is 30.3 Å². The Morgan fingerprint density at radius 3 is 2.50 bits per heavy atom. The summed E-state index contributed by atoms with van der Waals surface area (Å²) in [6.45, 7) is 5.93. The van der Waals surface area contributed by atoms with Crippen LogP contribution in [0.1, 0.15) is 22.4 Å². The Morgan fingerprint density at radius 1 is 1.11 bits per heavy atom. The molecular weight excluding hydrogens is 226 g/mol. The van der Waals surface area contributed by atoms with Gasteiger partial charge in [-0.3, -0.25) is 0 Å². The zero-order valence-corrected chi connectivity index (χ0v) is 10.9. The first-order valence-electron chi connectivity index (χ1n) is 5.92. The van der Waals surface area contributed by atoms with Crippen LogP contribution >= 0.6 is 0 Å². The van der Waals surface area contributed by atoms with E-state index in [1.165, 1.54) is 5.56 Å². The molecule has 0 bridgehead atoms. The topological polar surface area (TPSA) is 42.4 Å². The number of aryl methyl sites for hydroxylation is 3. The van der Waals surface area contributed by atoms with Gasteiger partial charge in [-0.15, -0.1) is 0 Å². The van der Waals surface area contributed by atoms with Crippen molar-refractivity contribution in [3.05, 3.63) is 52.7 Å². The molecule has 0 amide bonds. The van der Waals surface area contributed by atoms with Crippen molar-refractivity contribution in [3.8, 4) is 11.6 Å². The van der Waals surface area contributed by atoms with Gasteiger partial charge < -0.3 is 9.84 Å². The highest BCUT2D eigenvalue weighted by Gasteiger charge is 2.05. The van der Waals surface area contributed by atoms with Crippen molar-refractivity contribution in [2.45, 2.75) is 27.4 Å². The van der Waals surface area contributed by atoms with E-state index in [1.54, 1.807) is 6.07 Å². The Kier molecular flexibility index (Phi) is 3.63. The largest absolute Gasteiger partial charge is 0.439 e. The fourth-order valence-corrected chi connectivity index (χ4v) is 1.82. The number of ether oxygens (including phenoxy) is 1. The summed E-state index contributed by atoms with van der Waals surface area (Å²) in [5.74, 6) is 1.36. The van der Waals surface area contributed by atoms with E-state index in [4.69, 9.17) is 9.84 Å². The number of pyridine rings is 1. The van der Waals surface area contributed by atoms with Gasteiger partial charge >= 0.3 is 0 Å². The minimum absolute atomic E-state index is 0.00265. The van der Waals surface area contributed by atoms with Crippen molar-refractivity contribution in [1.82, 2.24) is 4.98 Å². The molecule has 2 rings (SSSR count). The molecule has 94 valence electrons. The molecule has 0 aliphatic heterocycles. The molecular formula is C15H17NO2. The number of hydrogen-bond acceptors (Lipinski definition) is 3. The maximum Gasteiger partial charge on any atom is 0.219 e. The lowest BCUT2D eigenvalue weighted by molar-refractivity contribution is 0.280. The lowest BCUT2D eigenvalue weighted by Gasteiger charge is -2.10. The van der Waals surface area contributed by atoms with Crippen molar-refractivity contribution in [2.24, 2.45) is 0 Å². The number of benzene rings is 1. The van der Waals surface area contributed by atoms with E-state index in [0.717, 1.165) is 22.6 Å². The van der Waals surface area contributed by atoms with E-state index in [0.29, 0.717) is 5.88 Å². The smallest absolute Gasteiger partial charge is 0.219 e. The van der Waals surface area contributed by atoms with E-state index >= 15 is 0 Å². The molecule has 3 heteroatoms. The van der Waals surface area contributed by atoms with Gasteiger partial charge in [0.05, 0.1) is 6.61 Å². The SMILES string of the molecule is Cc1ccc(Oc2ccc(CO)c(C)n2)c(C)c1. The van der Waals surface area contributed by atoms with E-state index in [-0.39, 0.29) is 6.61 Å². The molecule has 18 heavy (non-hydrogen) atoms. The van der Waals surface area contributed by atoms with Crippen LogP contribution in [0.2, 0.25) is 0 Å². The van der Waals surface area contributed by atoms with Crippen LogP contribution in [0, 0.1) is 20.8 Å². The molecule has 3 nitrogen and oxygen atoms in total. The van der Waals surface area contributed by atoms with Gasteiger partial charge in [0.1, 0.15) is 5.75 Å². The molecule has 1 aromatic heterocycles. The summed E-state index contributed by atoms with van der Waals surface area (Å²) >= 11 is 0. The third-order valence-corrected chi connectivity index (χ3v) is 2.89. The standard InChI is InChI=1S/C15H17NO2/c1-10-4-6-14(11(2)8-10)18-15-7-5-13(9-17)12(3)16-15/h4-8,17H,9H2,1-3H3. The van der Waals surface area contributed by atoms with Crippen LogP contribution in [-0.2, 0) is 6.61 Å². The second kappa shape index (κ2) is 5.19. The maximum atomic E-state index is 9.09. The molecule has 0 atom stereocenters. The van der Waals surface area contributed by atoms with E-state index in [9.17, 15) is 0 Å². The lowest BCUT2D eigenvalue weighted by Crippen LogP contribution is -1.96. The van der Waals surface area contributed by atoms with Crippen LogP contribution in [0.4, 0.5) is 0 Å². The molecule has 0 unspecified atom stereocenters. The van der Waals surface area contributed by atoms with Crippen molar-refractivity contribution >= 4 is 0 Å². The van der Waals surface area contributed by atoms with Gasteiger partial charge in [0.25, 0.3) is 0 Å². The summed E-state index contributed by atoms with van der Waals surface area (Å²) in [6.07, 6.45) is 0. The Hall–Kier alpha value is -1.87. The van der Waals surface area contributed by atoms with Crippen LogP contribution < -0.4 is 4.74 Å². The van der Waals surface area contributed by atoms with Crippen LogP contribution in [0.5, 0.6) is 11.6 Å². The van der Waals surface area contributed by atoms with Gasteiger partial charge in [-0.25, -0.2) is 4.98 Å². The van der Waals surface area contributed by atoms with Crippen molar-refractivity contribution in [3.63, 3.8) is 0 Å². The lowest BCUT2D eigenvalue weighted by atomic mass is 10.1. The van der Waals surface area contributed by atoms with Gasteiger partial charge in [0.15, 0.2) is 0 Å². The number of nitrogens with zero attached hydrogens (tertiary/aromatic N) is 1. The molecule has 1 N–H and O–H groups in total. The van der Waals surface area contributed by atoms with E-state index in [1.807, 2.05) is 32.0 Å². The quantitative estimate of drug-likeness (QED) is 0.899. The molecule has 0 aliphatic carbocycles. The third-order valence-electron chi connectivity index (χ3n) is 2.89. The predicted octanol–water partition coefficient (Wildman–Crippen LogP) is 3.29. The second-order valence-electron chi connectivity index (χ2n) is 4.42. The summed E-state index contributed by atoms with van der Waals surface area (Å²) in [6, 6.07) is 9.64. The summed E-state index contributed by atoms with van der Waals surface area (Å²) in [4.78, 5) is 4.32. The average molecular weight is 243 g/mol. The van der Waals surface area contributed by atoms with Gasteiger partial charge in [0, 0.05) is 11.8 Å². The summed E-state index contributed by atoms with van der Waals surface area (Å²) < 4.78 is 5.75. The number of aromatic nitrogens is 1. The Bertz CT molecular complexity index is 564. The van der Waals surface area contributed by atoms with Gasteiger partial charge in [-0.2, -0.15) is 0 Å². The molecule has 0 saturated heterocycles. The first-order chi connectivity index (χ1) is 8.60. The first kappa shape index (κ1) is 12.6. The fraction of sp³-hybridized carbons (Fsp3) is 0.267. The third kappa shape index (κ3) is 2.68. The van der Waals surface area contributed by atoms with Crippen molar-refractivity contribution < 1.29 is 9.84 Å². The summed E-state index contributed by atoms with van der Waals surface area (Å²) in [5.41, 5.74) is 3.91. The maximum absolute atomic E-state index is 9.09. The van der Waals surface area contributed by atoms with Crippen LogP contribution in [0.3, 0.4) is 0 Å². The fourth-order valence-electron chi connectivity index (χ4n) is 1.82. The Morgan fingerprint density at radius 2 is 1.89 bits per heavy atom. The minimum Gasteiger partial charge on any atom is -0.439 e. The highest BCUT2D eigenvalue weighted by molar-refractivity contribution is 5.38. The monoisotopic (exact) mass is 243 g/mol. The molecule has 0 radical (unpaired) electrons. The molecule has 0 aliphatic rings. The molecule has 0 saturated carbocycles. The zero-order chi connectivity index (χ0) is 13.1. The zero-order valence-electron chi connectivity index (χ0n) is 10.9. The van der Waals surface area contributed by atoms with Crippen molar-refractivity contribution in [2.75, 3.05) is 0 Å². The molecule has 2 aromatic rings. The van der Waals surface area contributed by atoms with Crippen molar-refractivity contribution in [1.29, 1.82) is 0 Å². The van der Waals surface area contributed by atoms with E-state index in [2.05, 4.69) is 18.0 Å². The highest BCUT2D eigenvalue weighted by atomic mass is 16.5. The number of rotatable bonds is 3. The molecule has 0 fully saturated rings. The first-order valence-corrected chi connectivity index (χ1v) is 5.92. The molecule has 1 heterocycles. The van der Waals surface area contributed by atoms with E-state index < -0.39 is 0 Å². The molecule has 0 spiro atoms. The number of hydrogen-bond donors (Lipinski definition) is 1. The Balaban J connectivity index is 2.26.